The van der Waals surface area contributed by atoms with Gasteiger partial charge in [-0.3, -0.25) is 10.1 Å². The number of nitro benzene ring substituents is 1. The molecule has 0 fully saturated rings. The van der Waals surface area contributed by atoms with Crippen molar-refractivity contribution in [1.82, 2.24) is 4.72 Å². The number of aliphatic hydroxyl groups is 1. The number of rotatable bonds is 7. The fourth-order valence-corrected chi connectivity index (χ4v) is 3.72. The van der Waals surface area contributed by atoms with E-state index < -0.39 is 20.7 Å². The monoisotopic (exact) mass is 431 g/mol. The van der Waals surface area contributed by atoms with Crippen LogP contribution in [0.3, 0.4) is 0 Å². The minimum absolute atomic E-state index is 0.00382. The number of nitrogens with zero attached hydrogens (tertiary/aromatic N) is 3. The third kappa shape index (κ3) is 4.35. The SMILES string of the molecule is Nc1ccc2cc(S(=O)(=O)NCCO)ccc2c1N=Nc1ccc([N+](=O)[O-])cc1O. The molecule has 0 saturated heterocycles. The molecular formula is C18H17N5O6S. The molecule has 0 aliphatic rings. The molecule has 3 aromatic rings. The Labute approximate surface area is 170 Å². The topological polar surface area (TPSA) is 181 Å². The molecule has 30 heavy (non-hydrogen) atoms. The van der Waals surface area contributed by atoms with E-state index in [-0.39, 0.29) is 40.8 Å². The summed E-state index contributed by atoms with van der Waals surface area (Å²) in [6.45, 7) is -0.441. The van der Waals surface area contributed by atoms with Crippen LogP contribution in [0.4, 0.5) is 22.7 Å². The number of hydrogen-bond donors (Lipinski definition) is 4. The molecule has 0 aromatic heterocycles. The molecule has 3 rings (SSSR count). The second-order valence-electron chi connectivity index (χ2n) is 6.14. The Balaban J connectivity index is 2.01. The first-order chi connectivity index (χ1) is 14.2. The van der Waals surface area contributed by atoms with Gasteiger partial charge in [-0.1, -0.05) is 12.1 Å². The molecule has 11 nitrogen and oxygen atoms in total. The van der Waals surface area contributed by atoms with Gasteiger partial charge in [-0.05, 0) is 29.7 Å². The average Bonchev–Trinajstić information content (AvgIpc) is 2.72. The fraction of sp³-hybridized carbons (Fsp3) is 0.111. The van der Waals surface area contributed by atoms with Crippen molar-refractivity contribution < 1.29 is 23.6 Å². The lowest BCUT2D eigenvalue weighted by Crippen LogP contribution is -2.26. The molecule has 0 heterocycles. The van der Waals surface area contributed by atoms with Crippen LogP contribution in [-0.2, 0) is 10.0 Å². The van der Waals surface area contributed by atoms with Crippen molar-refractivity contribution in [2.75, 3.05) is 18.9 Å². The summed E-state index contributed by atoms with van der Waals surface area (Å²) in [5.41, 5.74) is 6.20. The van der Waals surface area contributed by atoms with Crippen molar-refractivity contribution in [2.45, 2.75) is 4.90 Å². The first-order valence-electron chi connectivity index (χ1n) is 8.55. The number of azo groups is 1. The molecular weight excluding hydrogens is 414 g/mol. The summed E-state index contributed by atoms with van der Waals surface area (Å²) in [6.07, 6.45) is 0. The normalized spacial score (nSPS) is 11.9. The van der Waals surface area contributed by atoms with Crippen LogP contribution >= 0.6 is 0 Å². The van der Waals surface area contributed by atoms with E-state index in [1.165, 1.54) is 36.4 Å². The smallest absolute Gasteiger partial charge is 0.273 e. The Morgan fingerprint density at radius 1 is 1.10 bits per heavy atom. The summed E-state index contributed by atoms with van der Waals surface area (Å²) in [5.74, 6) is -0.421. The number of nitrogens with one attached hydrogen (secondary N) is 1. The number of benzene rings is 3. The maximum atomic E-state index is 12.2. The molecule has 0 bridgehead atoms. The molecule has 0 unspecified atom stereocenters. The summed E-state index contributed by atoms with van der Waals surface area (Å²) in [6, 6.07) is 10.8. The van der Waals surface area contributed by atoms with E-state index in [2.05, 4.69) is 15.0 Å². The Hall–Kier alpha value is -3.61. The number of phenolic OH excluding ortho intramolecular Hbond substituents is 1. The van der Waals surface area contributed by atoms with Gasteiger partial charge in [-0.2, -0.15) is 0 Å². The number of aromatic hydroxyl groups is 1. The van der Waals surface area contributed by atoms with Crippen LogP contribution in [0.5, 0.6) is 5.75 Å². The lowest BCUT2D eigenvalue weighted by molar-refractivity contribution is -0.384. The number of anilines is 1. The predicted octanol–water partition coefficient (Wildman–Crippen LogP) is 2.72. The maximum Gasteiger partial charge on any atom is 0.273 e. The number of hydrogen-bond acceptors (Lipinski definition) is 9. The fourth-order valence-electron chi connectivity index (χ4n) is 2.66. The summed E-state index contributed by atoms with van der Waals surface area (Å²) in [4.78, 5) is 10.1. The second-order valence-corrected chi connectivity index (χ2v) is 7.90. The Morgan fingerprint density at radius 2 is 1.87 bits per heavy atom. The van der Waals surface area contributed by atoms with E-state index in [1.807, 2.05) is 0 Å². The Kier molecular flexibility index (Phi) is 5.91. The molecule has 3 aromatic carbocycles. The van der Waals surface area contributed by atoms with Gasteiger partial charge in [0.05, 0.1) is 28.2 Å². The van der Waals surface area contributed by atoms with E-state index in [4.69, 9.17) is 10.8 Å². The zero-order valence-corrected chi connectivity index (χ0v) is 16.2. The Morgan fingerprint density at radius 3 is 2.53 bits per heavy atom. The average molecular weight is 431 g/mol. The second kappa shape index (κ2) is 8.41. The lowest BCUT2D eigenvalue weighted by Gasteiger charge is -2.09. The van der Waals surface area contributed by atoms with Crippen LogP contribution in [-0.4, -0.2) is 36.7 Å². The van der Waals surface area contributed by atoms with E-state index in [0.29, 0.717) is 10.8 Å². The Bertz CT molecular complexity index is 1260. The first kappa shape index (κ1) is 21.1. The van der Waals surface area contributed by atoms with Crippen LogP contribution in [0.25, 0.3) is 10.8 Å². The van der Waals surface area contributed by atoms with Crippen molar-refractivity contribution in [1.29, 1.82) is 0 Å². The molecule has 156 valence electrons. The third-order valence-corrected chi connectivity index (χ3v) is 5.59. The molecule has 0 saturated carbocycles. The van der Waals surface area contributed by atoms with Gasteiger partial charge in [-0.15, -0.1) is 10.2 Å². The minimum Gasteiger partial charge on any atom is -0.505 e. The number of nitrogens with two attached hydrogens (primary N) is 1. The van der Waals surface area contributed by atoms with Gasteiger partial charge in [0, 0.05) is 18.0 Å². The number of nitro groups is 1. The van der Waals surface area contributed by atoms with Crippen LogP contribution in [0, 0.1) is 10.1 Å². The van der Waals surface area contributed by atoms with Crippen LogP contribution in [0.2, 0.25) is 0 Å². The quantitative estimate of drug-likeness (QED) is 0.192. The van der Waals surface area contributed by atoms with Gasteiger partial charge in [0.15, 0.2) is 0 Å². The summed E-state index contributed by atoms with van der Waals surface area (Å²) in [7, 11) is -3.79. The maximum absolute atomic E-state index is 12.2. The van der Waals surface area contributed by atoms with E-state index >= 15 is 0 Å². The molecule has 5 N–H and O–H groups in total. The first-order valence-corrected chi connectivity index (χ1v) is 10.0. The third-order valence-electron chi connectivity index (χ3n) is 4.14. The predicted molar refractivity (Wildman–Crippen MR) is 110 cm³/mol. The van der Waals surface area contributed by atoms with Crippen molar-refractivity contribution in [2.24, 2.45) is 10.2 Å². The van der Waals surface area contributed by atoms with E-state index in [1.54, 1.807) is 6.07 Å². The highest BCUT2D eigenvalue weighted by molar-refractivity contribution is 7.89. The zero-order valence-electron chi connectivity index (χ0n) is 15.4. The number of nitrogen functional groups attached to an aromatic ring is 1. The van der Waals surface area contributed by atoms with E-state index in [9.17, 15) is 23.6 Å². The number of aliphatic hydroxyl groups excluding tert-OH is 1. The summed E-state index contributed by atoms with van der Waals surface area (Å²) in [5, 5.41) is 38.5. The van der Waals surface area contributed by atoms with Gasteiger partial charge in [0.1, 0.15) is 17.1 Å². The summed E-state index contributed by atoms with van der Waals surface area (Å²) >= 11 is 0. The molecule has 0 amide bonds. The molecule has 0 spiro atoms. The van der Waals surface area contributed by atoms with Gasteiger partial charge in [0.2, 0.25) is 10.0 Å². The van der Waals surface area contributed by atoms with Crippen LogP contribution < -0.4 is 10.5 Å². The standard InChI is InChI=1S/C18H17N5O6S/c19-15-5-1-11-9-13(30(28,29)20-7-8-24)3-4-14(11)18(15)22-21-16-6-2-12(23(26)27)10-17(16)25/h1-6,9-10,20,24-25H,7-8,19H2. The number of sulfonamides is 1. The van der Waals surface area contributed by atoms with Crippen LogP contribution in [0.1, 0.15) is 0 Å². The highest BCUT2D eigenvalue weighted by Gasteiger charge is 2.15. The minimum atomic E-state index is -3.79. The number of non-ortho nitro benzene ring substituents is 1. The number of fused-ring (bicyclic) bond motifs is 1. The molecule has 0 aliphatic carbocycles. The zero-order chi connectivity index (χ0) is 21.9. The van der Waals surface area contributed by atoms with Crippen molar-refractivity contribution in [3.63, 3.8) is 0 Å². The van der Waals surface area contributed by atoms with Crippen molar-refractivity contribution in [3.8, 4) is 5.75 Å². The van der Waals surface area contributed by atoms with Crippen LogP contribution in [0.15, 0.2) is 63.7 Å². The molecule has 12 heteroatoms. The van der Waals surface area contributed by atoms with Gasteiger partial charge in [0.25, 0.3) is 5.69 Å². The number of phenols is 1. The highest BCUT2D eigenvalue weighted by Crippen LogP contribution is 2.36. The van der Waals surface area contributed by atoms with E-state index in [0.717, 1.165) is 6.07 Å². The molecule has 0 radical (unpaired) electrons. The van der Waals surface area contributed by atoms with Crippen molar-refractivity contribution >= 4 is 43.5 Å². The molecule has 0 aliphatic heterocycles. The lowest BCUT2D eigenvalue weighted by atomic mass is 10.1. The van der Waals surface area contributed by atoms with Gasteiger partial charge < -0.3 is 15.9 Å². The van der Waals surface area contributed by atoms with Gasteiger partial charge in [-0.25, -0.2) is 13.1 Å². The van der Waals surface area contributed by atoms with Crippen molar-refractivity contribution in [3.05, 3.63) is 58.6 Å². The highest BCUT2D eigenvalue weighted by atomic mass is 32.2. The summed E-state index contributed by atoms with van der Waals surface area (Å²) < 4.78 is 26.8. The van der Waals surface area contributed by atoms with Gasteiger partial charge >= 0.3 is 0 Å². The largest absolute Gasteiger partial charge is 0.505 e. The molecule has 0 atom stereocenters.